The van der Waals surface area contributed by atoms with Gasteiger partial charge in [0.15, 0.2) is 5.82 Å². The zero-order valence-electron chi connectivity index (χ0n) is 8.14. The van der Waals surface area contributed by atoms with Gasteiger partial charge in [0.1, 0.15) is 11.6 Å². The number of halogens is 1. The van der Waals surface area contributed by atoms with Crippen LogP contribution in [0.4, 0.5) is 4.39 Å². The molecule has 2 aromatic rings. The Hall–Kier alpha value is -1.97. The summed E-state index contributed by atoms with van der Waals surface area (Å²) in [5, 5.41) is 0. The minimum Gasteiger partial charge on any atom is -0.496 e. The third kappa shape index (κ3) is 1.93. The van der Waals surface area contributed by atoms with Crippen molar-refractivity contribution in [2.45, 2.75) is 0 Å². The van der Waals surface area contributed by atoms with Crippen LogP contribution in [0.3, 0.4) is 0 Å². The molecular weight excluding hydrogens is 195 g/mol. The van der Waals surface area contributed by atoms with Crippen molar-refractivity contribution in [3.05, 3.63) is 42.5 Å². The van der Waals surface area contributed by atoms with Crippen LogP contribution in [0, 0.1) is 5.82 Å². The Balaban J connectivity index is 2.56. The van der Waals surface area contributed by atoms with Crippen LogP contribution in [0.25, 0.3) is 11.4 Å². The summed E-state index contributed by atoms with van der Waals surface area (Å²) in [6.45, 7) is 0. The van der Waals surface area contributed by atoms with Crippen LogP contribution < -0.4 is 4.74 Å². The van der Waals surface area contributed by atoms with Crippen molar-refractivity contribution in [3.8, 4) is 17.1 Å². The van der Waals surface area contributed by atoms with Gasteiger partial charge in [0.25, 0.3) is 0 Å². The molecule has 0 N–H and O–H groups in total. The molecule has 3 nitrogen and oxygen atoms in total. The molecule has 0 unspecified atom stereocenters. The first kappa shape index (κ1) is 9.58. The summed E-state index contributed by atoms with van der Waals surface area (Å²) in [6.07, 6.45) is 3.21. The van der Waals surface area contributed by atoms with Gasteiger partial charge < -0.3 is 4.74 Å². The monoisotopic (exact) mass is 204 g/mol. The Morgan fingerprint density at radius 1 is 1.20 bits per heavy atom. The van der Waals surface area contributed by atoms with E-state index in [0.29, 0.717) is 17.1 Å². The van der Waals surface area contributed by atoms with Gasteiger partial charge in [-0.15, -0.1) is 0 Å². The number of aromatic nitrogens is 2. The van der Waals surface area contributed by atoms with Crippen molar-refractivity contribution in [3.63, 3.8) is 0 Å². The molecule has 0 saturated carbocycles. The van der Waals surface area contributed by atoms with E-state index in [9.17, 15) is 4.39 Å². The van der Waals surface area contributed by atoms with E-state index in [1.165, 1.54) is 19.2 Å². The quantitative estimate of drug-likeness (QED) is 0.752. The fourth-order valence-corrected chi connectivity index (χ4v) is 1.29. The normalized spacial score (nSPS) is 10.0. The summed E-state index contributed by atoms with van der Waals surface area (Å²) in [5.41, 5.74) is 0.554. The van der Waals surface area contributed by atoms with E-state index in [-0.39, 0.29) is 5.82 Å². The van der Waals surface area contributed by atoms with Gasteiger partial charge >= 0.3 is 0 Å². The molecule has 0 aliphatic carbocycles. The Bertz CT molecular complexity index is 459. The Morgan fingerprint density at radius 2 is 1.93 bits per heavy atom. The molecule has 0 spiro atoms. The van der Waals surface area contributed by atoms with Crippen LogP contribution in [-0.2, 0) is 0 Å². The minimum atomic E-state index is -0.335. The van der Waals surface area contributed by atoms with Crippen LogP contribution in [0.2, 0.25) is 0 Å². The molecule has 0 aliphatic heterocycles. The number of hydrogen-bond donors (Lipinski definition) is 0. The molecule has 0 bridgehead atoms. The molecule has 76 valence electrons. The molecule has 0 saturated heterocycles. The zero-order chi connectivity index (χ0) is 10.7. The summed E-state index contributed by atoms with van der Waals surface area (Å²) in [5.74, 6) is 0.676. The van der Waals surface area contributed by atoms with E-state index in [1.54, 1.807) is 24.5 Å². The van der Waals surface area contributed by atoms with Gasteiger partial charge in [-0.2, -0.15) is 0 Å². The van der Waals surface area contributed by atoms with Crippen molar-refractivity contribution in [2.24, 2.45) is 0 Å². The van der Waals surface area contributed by atoms with Gasteiger partial charge in [-0.25, -0.2) is 14.4 Å². The van der Waals surface area contributed by atoms with Gasteiger partial charge in [-0.3, -0.25) is 0 Å². The largest absolute Gasteiger partial charge is 0.496 e. The van der Waals surface area contributed by atoms with Gasteiger partial charge in [0, 0.05) is 12.4 Å². The van der Waals surface area contributed by atoms with Crippen LogP contribution in [0.15, 0.2) is 36.7 Å². The smallest absolute Gasteiger partial charge is 0.162 e. The third-order valence-corrected chi connectivity index (χ3v) is 1.97. The maximum absolute atomic E-state index is 13.1. The summed E-state index contributed by atoms with van der Waals surface area (Å²) in [7, 11) is 1.53. The van der Waals surface area contributed by atoms with Crippen molar-refractivity contribution < 1.29 is 9.13 Å². The lowest BCUT2D eigenvalue weighted by atomic mass is 10.2. The lowest BCUT2D eigenvalue weighted by Gasteiger charge is -2.06. The van der Waals surface area contributed by atoms with Gasteiger partial charge in [-0.1, -0.05) is 0 Å². The maximum Gasteiger partial charge on any atom is 0.162 e. The maximum atomic E-state index is 13.1. The molecule has 1 aromatic heterocycles. The first-order valence-corrected chi connectivity index (χ1v) is 4.42. The average molecular weight is 204 g/mol. The fourth-order valence-electron chi connectivity index (χ4n) is 1.29. The van der Waals surface area contributed by atoms with Crippen molar-refractivity contribution in [1.29, 1.82) is 0 Å². The number of hydrogen-bond acceptors (Lipinski definition) is 3. The van der Waals surface area contributed by atoms with E-state index in [4.69, 9.17) is 4.74 Å². The number of methoxy groups -OCH3 is 1. The van der Waals surface area contributed by atoms with Gasteiger partial charge in [0.05, 0.1) is 12.7 Å². The Kier molecular flexibility index (Phi) is 2.58. The Labute approximate surface area is 86.6 Å². The molecular formula is C11H9FN2O. The predicted molar refractivity (Wildman–Crippen MR) is 54.0 cm³/mol. The molecule has 0 atom stereocenters. The van der Waals surface area contributed by atoms with Crippen LogP contribution in [-0.4, -0.2) is 17.1 Å². The SMILES string of the molecule is COc1ccc(F)cc1-c1ncccn1. The van der Waals surface area contributed by atoms with E-state index in [0.717, 1.165) is 0 Å². The topological polar surface area (TPSA) is 35.0 Å². The molecule has 4 heteroatoms. The molecule has 1 heterocycles. The lowest BCUT2D eigenvalue weighted by molar-refractivity contribution is 0.415. The highest BCUT2D eigenvalue weighted by molar-refractivity contribution is 5.63. The van der Waals surface area contributed by atoms with Crippen molar-refractivity contribution >= 4 is 0 Å². The second-order valence-electron chi connectivity index (χ2n) is 2.92. The molecule has 0 radical (unpaired) electrons. The van der Waals surface area contributed by atoms with E-state index < -0.39 is 0 Å². The first-order chi connectivity index (χ1) is 7.31. The molecule has 15 heavy (non-hydrogen) atoms. The lowest BCUT2D eigenvalue weighted by Crippen LogP contribution is -1.92. The summed E-state index contributed by atoms with van der Waals surface area (Å²) < 4.78 is 18.2. The van der Waals surface area contributed by atoms with Gasteiger partial charge in [0.2, 0.25) is 0 Å². The summed E-state index contributed by atoms with van der Waals surface area (Å²) >= 11 is 0. The van der Waals surface area contributed by atoms with E-state index >= 15 is 0 Å². The average Bonchev–Trinajstić information content (AvgIpc) is 2.30. The van der Waals surface area contributed by atoms with Crippen molar-refractivity contribution in [2.75, 3.05) is 7.11 Å². The predicted octanol–water partition coefficient (Wildman–Crippen LogP) is 2.29. The Morgan fingerprint density at radius 3 is 2.60 bits per heavy atom. The number of rotatable bonds is 2. The van der Waals surface area contributed by atoms with Crippen LogP contribution in [0.1, 0.15) is 0 Å². The highest BCUT2D eigenvalue weighted by Crippen LogP contribution is 2.27. The number of nitrogens with zero attached hydrogens (tertiary/aromatic N) is 2. The highest BCUT2D eigenvalue weighted by atomic mass is 19.1. The van der Waals surface area contributed by atoms with E-state index in [2.05, 4.69) is 9.97 Å². The van der Waals surface area contributed by atoms with E-state index in [1.807, 2.05) is 0 Å². The molecule has 1 aromatic carbocycles. The summed E-state index contributed by atoms with van der Waals surface area (Å²) in [4.78, 5) is 8.08. The first-order valence-electron chi connectivity index (χ1n) is 4.42. The highest BCUT2D eigenvalue weighted by Gasteiger charge is 2.08. The molecule has 2 rings (SSSR count). The minimum absolute atomic E-state index is 0.335. The van der Waals surface area contributed by atoms with Crippen molar-refractivity contribution in [1.82, 2.24) is 9.97 Å². The number of ether oxygens (including phenoxy) is 1. The standard InChI is InChI=1S/C11H9FN2O/c1-15-10-4-3-8(12)7-9(10)11-13-5-2-6-14-11/h2-7H,1H3. The molecule has 0 fully saturated rings. The van der Waals surface area contributed by atoms with Gasteiger partial charge in [-0.05, 0) is 24.3 Å². The fraction of sp³-hybridized carbons (Fsp3) is 0.0909. The molecule has 0 amide bonds. The second-order valence-corrected chi connectivity index (χ2v) is 2.92. The second kappa shape index (κ2) is 4.04. The number of benzene rings is 1. The molecule has 0 aliphatic rings. The van der Waals surface area contributed by atoms with Crippen LogP contribution >= 0.6 is 0 Å². The zero-order valence-corrected chi connectivity index (χ0v) is 8.14. The van der Waals surface area contributed by atoms with Crippen LogP contribution in [0.5, 0.6) is 5.75 Å². The summed E-state index contributed by atoms with van der Waals surface area (Å²) in [6, 6.07) is 5.95. The third-order valence-electron chi connectivity index (χ3n) is 1.97.